The van der Waals surface area contributed by atoms with Gasteiger partial charge >= 0.3 is 0 Å². The summed E-state index contributed by atoms with van der Waals surface area (Å²) in [7, 11) is 0. The number of nitrogens with two attached hydrogens (primary N) is 1. The van der Waals surface area contributed by atoms with E-state index in [1.165, 1.54) is 11.1 Å². The Bertz CT molecular complexity index is 934. The number of hydrogen-bond acceptors (Lipinski definition) is 4. The molecule has 2 saturated heterocycles. The molecule has 6 nitrogen and oxygen atoms in total. The van der Waals surface area contributed by atoms with Crippen molar-refractivity contribution in [3.8, 4) is 0 Å². The molecule has 2 amide bonds. The van der Waals surface area contributed by atoms with E-state index in [9.17, 15) is 9.59 Å². The number of likely N-dealkylation sites (tertiary alicyclic amines) is 2. The molecule has 4 rings (SSSR count). The predicted molar refractivity (Wildman–Crippen MR) is 131 cm³/mol. The van der Waals surface area contributed by atoms with Gasteiger partial charge in [-0.25, -0.2) is 0 Å². The molecule has 6 heteroatoms. The number of hydrogen-bond donors (Lipinski definition) is 2. The zero-order valence-corrected chi connectivity index (χ0v) is 19.7. The van der Waals surface area contributed by atoms with E-state index in [0.717, 1.165) is 32.5 Å². The molecule has 33 heavy (non-hydrogen) atoms. The van der Waals surface area contributed by atoms with Gasteiger partial charge in [0.15, 0.2) is 0 Å². The van der Waals surface area contributed by atoms with Crippen LogP contribution in [0.1, 0.15) is 49.7 Å². The number of carbonyl (C=O) groups excluding carboxylic acids is 2. The largest absolute Gasteiger partial charge is 0.343 e. The van der Waals surface area contributed by atoms with Gasteiger partial charge in [0.2, 0.25) is 11.8 Å². The Balaban J connectivity index is 1.46. The molecular weight excluding hydrogens is 412 g/mol. The molecule has 0 aliphatic carbocycles. The number of carbonyl (C=O) groups is 2. The summed E-state index contributed by atoms with van der Waals surface area (Å²) >= 11 is 0. The fraction of sp³-hybridized carbons (Fsp3) is 0.481. The van der Waals surface area contributed by atoms with E-state index in [1.807, 2.05) is 11.0 Å². The Hall–Kier alpha value is -2.70. The summed E-state index contributed by atoms with van der Waals surface area (Å²) in [5.74, 6) is 0.539. The van der Waals surface area contributed by atoms with Crippen LogP contribution in [0.15, 0.2) is 60.7 Å². The van der Waals surface area contributed by atoms with Gasteiger partial charge in [-0.2, -0.15) is 0 Å². The van der Waals surface area contributed by atoms with Gasteiger partial charge in [0.1, 0.15) is 6.04 Å². The first-order chi connectivity index (χ1) is 15.9. The Morgan fingerprint density at radius 1 is 0.970 bits per heavy atom. The Morgan fingerprint density at radius 2 is 1.58 bits per heavy atom. The smallest absolute Gasteiger partial charge is 0.245 e. The lowest BCUT2D eigenvalue weighted by atomic mass is 9.96. The van der Waals surface area contributed by atoms with E-state index in [-0.39, 0.29) is 17.9 Å². The molecular formula is C27H36N4O2. The average Bonchev–Trinajstić information content (AvgIpc) is 3.47. The lowest BCUT2D eigenvalue weighted by molar-refractivity contribution is -0.137. The molecule has 2 aliphatic rings. The van der Waals surface area contributed by atoms with Crippen molar-refractivity contribution in [3.05, 3.63) is 71.8 Å². The van der Waals surface area contributed by atoms with E-state index in [1.54, 1.807) is 13.8 Å². The molecule has 2 heterocycles. The summed E-state index contributed by atoms with van der Waals surface area (Å²) in [4.78, 5) is 30.0. The molecule has 3 unspecified atom stereocenters. The van der Waals surface area contributed by atoms with Crippen molar-refractivity contribution < 1.29 is 9.59 Å². The van der Waals surface area contributed by atoms with Crippen LogP contribution in [-0.2, 0) is 9.59 Å². The third-order valence-corrected chi connectivity index (χ3v) is 7.12. The van der Waals surface area contributed by atoms with Crippen LogP contribution in [0.5, 0.6) is 0 Å². The quantitative estimate of drug-likeness (QED) is 0.683. The van der Waals surface area contributed by atoms with E-state index < -0.39 is 12.1 Å². The maximum absolute atomic E-state index is 13.4. The zero-order valence-electron chi connectivity index (χ0n) is 19.7. The topological polar surface area (TPSA) is 78.7 Å². The highest BCUT2D eigenvalue weighted by Crippen LogP contribution is 2.34. The molecule has 5 atom stereocenters. The molecule has 2 aromatic rings. The maximum atomic E-state index is 13.4. The van der Waals surface area contributed by atoms with Crippen LogP contribution in [0.3, 0.4) is 0 Å². The van der Waals surface area contributed by atoms with Crippen molar-refractivity contribution in [3.63, 3.8) is 0 Å². The van der Waals surface area contributed by atoms with Crippen LogP contribution in [-0.4, -0.2) is 65.9 Å². The minimum absolute atomic E-state index is 0.0220. The fourth-order valence-electron chi connectivity index (χ4n) is 5.28. The van der Waals surface area contributed by atoms with Gasteiger partial charge in [0, 0.05) is 31.6 Å². The highest BCUT2D eigenvalue weighted by Gasteiger charge is 2.39. The number of rotatable bonds is 7. The van der Waals surface area contributed by atoms with Crippen molar-refractivity contribution in [1.82, 2.24) is 15.1 Å². The Morgan fingerprint density at radius 3 is 2.18 bits per heavy atom. The summed E-state index contributed by atoms with van der Waals surface area (Å²) in [5.41, 5.74) is 8.36. The molecule has 0 radical (unpaired) electrons. The SMILES string of the molecule is CC(N)C(=O)NC(C)C(=O)N1C[C@@H](c2ccccc2)C[C@H]1CN1CCC(c2ccccc2)C1. The monoisotopic (exact) mass is 448 g/mol. The van der Waals surface area contributed by atoms with Crippen molar-refractivity contribution in [2.24, 2.45) is 5.73 Å². The zero-order chi connectivity index (χ0) is 23.4. The van der Waals surface area contributed by atoms with Crippen molar-refractivity contribution >= 4 is 11.8 Å². The first-order valence-corrected chi connectivity index (χ1v) is 12.1. The number of benzene rings is 2. The van der Waals surface area contributed by atoms with Gasteiger partial charge in [-0.3, -0.25) is 9.59 Å². The van der Waals surface area contributed by atoms with E-state index in [0.29, 0.717) is 18.4 Å². The van der Waals surface area contributed by atoms with Gasteiger partial charge in [-0.15, -0.1) is 0 Å². The van der Waals surface area contributed by atoms with Crippen LogP contribution < -0.4 is 11.1 Å². The first-order valence-electron chi connectivity index (χ1n) is 12.1. The van der Waals surface area contributed by atoms with E-state index in [2.05, 4.69) is 64.8 Å². The third-order valence-electron chi connectivity index (χ3n) is 7.12. The minimum atomic E-state index is -0.633. The highest BCUT2D eigenvalue weighted by molar-refractivity contribution is 5.89. The second-order valence-electron chi connectivity index (χ2n) is 9.66. The molecule has 3 N–H and O–H groups in total. The summed E-state index contributed by atoms with van der Waals surface area (Å²) in [6.07, 6.45) is 2.09. The lowest BCUT2D eigenvalue weighted by Gasteiger charge is -2.31. The maximum Gasteiger partial charge on any atom is 0.245 e. The second kappa shape index (κ2) is 10.5. The van der Waals surface area contributed by atoms with Gasteiger partial charge in [0.05, 0.1) is 6.04 Å². The molecule has 2 fully saturated rings. The van der Waals surface area contributed by atoms with Crippen LogP contribution in [0.25, 0.3) is 0 Å². The normalized spacial score (nSPS) is 25.1. The number of amides is 2. The molecule has 2 aromatic carbocycles. The second-order valence-corrected chi connectivity index (χ2v) is 9.66. The summed E-state index contributed by atoms with van der Waals surface area (Å²) < 4.78 is 0. The molecule has 2 aliphatic heterocycles. The third kappa shape index (κ3) is 5.63. The summed E-state index contributed by atoms with van der Waals surface area (Å²) in [6.45, 7) is 7.01. The molecule has 0 bridgehead atoms. The lowest BCUT2D eigenvalue weighted by Crippen LogP contribution is -2.53. The predicted octanol–water partition coefficient (Wildman–Crippen LogP) is 2.71. The van der Waals surface area contributed by atoms with E-state index >= 15 is 0 Å². The number of nitrogens with one attached hydrogen (secondary N) is 1. The van der Waals surface area contributed by atoms with E-state index in [4.69, 9.17) is 5.73 Å². The van der Waals surface area contributed by atoms with Gasteiger partial charge < -0.3 is 20.9 Å². The molecule has 0 aromatic heterocycles. The molecule has 0 spiro atoms. The standard InChI is InChI=1S/C27H36N4O2/c1-19(28)26(32)29-20(2)27(33)31-17-24(22-11-7-4-8-12-22)15-25(31)18-30-14-13-23(16-30)21-9-5-3-6-10-21/h3-12,19-20,23-25H,13-18,28H2,1-2H3,(H,29,32)/t19?,20?,23?,24-,25-/m0/s1. The van der Waals surface area contributed by atoms with Crippen molar-refractivity contribution in [2.75, 3.05) is 26.2 Å². The molecule has 0 saturated carbocycles. The summed E-state index contributed by atoms with van der Waals surface area (Å²) in [5, 5.41) is 2.78. The fourth-order valence-corrected chi connectivity index (χ4v) is 5.28. The first kappa shape index (κ1) is 23.5. The average molecular weight is 449 g/mol. The Labute approximate surface area is 197 Å². The van der Waals surface area contributed by atoms with Gasteiger partial charge in [-0.1, -0.05) is 60.7 Å². The Kier molecular flexibility index (Phi) is 7.46. The van der Waals surface area contributed by atoms with Crippen molar-refractivity contribution in [2.45, 2.75) is 56.7 Å². The van der Waals surface area contributed by atoms with Gasteiger partial charge in [0.25, 0.3) is 0 Å². The van der Waals surface area contributed by atoms with Crippen molar-refractivity contribution in [1.29, 1.82) is 0 Å². The minimum Gasteiger partial charge on any atom is -0.343 e. The van der Waals surface area contributed by atoms with Gasteiger partial charge in [-0.05, 0) is 50.3 Å². The van der Waals surface area contributed by atoms with Crippen LogP contribution in [0.2, 0.25) is 0 Å². The molecule has 176 valence electrons. The highest BCUT2D eigenvalue weighted by atomic mass is 16.2. The summed E-state index contributed by atoms with van der Waals surface area (Å²) in [6, 6.07) is 20.1. The van der Waals surface area contributed by atoms with Crippen LogP contribution in [0, 0.1) is 0 Å². The van der Waals surface area contributed by atoms with Crippen LogP contribution >= 0.6 is 0 Å². The number of nitrogens with zero attached hydrogens (tertiary/aromatic N) is 2. The van der Waals surface area contributed by atoms with Crippen LogP contribution in [0.4, 0.5) is 0 Å².